The number of hydrogen-bond donors (Lipinski definition) is 2. The summed E-state index contributed by atoms with van der Waals surface area (Å²) in [6.07, 6.45) is 0.828. The number of aromatic amines is 1. The van der Waals surface area contributed by atoms with Gasteiger partial charge in [-0.3, -0.25) is 5.10 Å². The Bertz CT molecular complexity index is 633. The molecule has 4 nitrogen and oxygen atoms in total. The van der Waals surface area contributed by atoms with Crippen LogP contribution in [0.2, 0.25) is 0 Å². The maximum atomic E-state index is 5.80. The normalized spacial score (nSPS) is 11.1. The lowest BCUT2D eigenvalue weighted by atomic mass is 10.1. The maximum absolute atomic E-state index is 5.80. The molecule has 0 amide bonds. The number of fused-ring (bicyclic) bond motifs is 1. The van der Waals surface area contributed by atoms with Gasteiger partial charge in [-0.1, -0.05) is 25.1 Å². The van der Waals surface area contributed by atoms with Crippen LogP contribution < -0.4 is 5.73 Å². The van der Waals surface area contributed by atoms with Crippen LogP contribution >= 0.6 is 0 Å². The molecule has 0 unspecified atom stereocenters. The maximum Gasteiger partial charge on any atom is 0.153 e. The third-order valence-corrected chi connectivity index (χ3v) is 2.92. The molecule has 0 spiro atoms. The van der Waals surface area contributed by atoms with Gasteiger partial charge in [0.2, 0.25) is 0 Å². The highest BCUT2D eigenvalue weighted by atomic mass is 16.3. The number of furan rings is 1. The van der Waals surface area contributed by atoms with Crippen LogP contribution in [0, 0.1) is 0 Å². The standard InChI is InChI=1S/C13H13N3O/c1-2-9-12(15-16-13(9)14)11-7-8-5-3-4-6-10(8)17-11/h3-7H,2H2,1H3,(H3,14,15,16). The van der Waals surface area contributed by atoms with Gasteiger partial charge in [-0.15, -0.1) is 0 Å². The minimum absolute atomic E-state index is 0.544. The van der Waals surface area contributed by atoms with E-state index in [0.29, 0.717) is 5.82 Å². The van der Waals surface area contributed by atoms with E-state index >= 15 is 0 Å². The number of para-hydroxylation sites is 1. The van der Waals surface area contributed by atoms with Crippen LogP contribution in [0.3, 0.4) is 0 Å². The number of hydrogen-bond acceptors (Lipinski definition) is 3. The smallest absolute Gasteiger partial charge is 0.153 e. The summed E-state index contributed by atoms with van der Waals surface area (Å²) in [4.78, 5) is 0. The van der Waals surface area contributed by atoms with Crippen molar-refractivity contribution in [2.24, 2.45) is 0 Å². The fourth-order valence-electron chi connectivity index (χ4n) is 2.05. The average Bonchev–Trinajstić information content (AvgIpc) is 2.91. The minimum Gasteiger partial charge on any atom is -0.454 e. The van der Waals surface area contributed by atoms with Gasteiger partial charge in [0, 0.05) is 10.9 Å². The summed E-state index contributed by atoms with van der Waals surface area (Å²) < 4.78 is 5.78. The average molecular weight is 227 g/mol. The van der Waals surface area contributed by atoms with Crippen molar-refractivity contribution >= 4 is 16.8 Å². The van der Waals surface area contributed by atoms with Crippen LogP contribution in [0.1, 0.15) is 12.5 Å². The molecule has 0 fully saturated rings. The molecule has 1 aromatic carbocycles. The molecular weight excluding hydrogens is 214 g/mol. The summed E-state index contributed by atoms with van der Waals surface area (Å²) in [5.74, 6) is 1.33. The van der Waals surface area contributed by atoms with Gasteiger partial charge in [-0.25, -0.2) is 0 Å². The molecule has 0 aliphatic rings. The lowest BCUT2D eigenvalue weighted by Crippen LogP contribution is -1.90. The van der Waals surface area contributed by atoms with Gasteiger partial charge in [-0.2, -0.15) is 5.10 Å². The highest BCUT2D eigenvalue weighted by Gasteiger charge is 2.14. The predicted octanol–water partition coefficient (Wildman–Crippen LogP) is 2.97. The molecule has 17 heavy (non-hydrogen) atoms. The van der Waals surface area contributed by atoms with Crippen LogP contribution in [0.25, 0.3) is 22.4 Å². The first kappa shape index (κ1) is 9.96. The molecule has 3 aromatic rings. The molecule has 0 bridgehead atoms. The van der Waals surface area contributed by atoms with Crippen LogP contribution in [-0.2, 0) is 6.42 Å². The summed E-state index contributed by atoms with van der Waals surface area (Å²) in [6, 6.07) is 9.92. The van der Waals surface area contributed by atoms with E-state index in [9.17, 15) is 0 Å². The first-order chi connectivity index (χ1) is 8.29. The molecule has 0 radical (unpaired) electrons. The Labute approximate surface area is 98.4 Å². The number of nitrogens with two attached hydrogens (primary N) is 1. The Hall–Kier alpha value is -2.23. The van der Waals surface area contributed by atoms with E-state index in [-0.39, 0.29) is 0 Å². The zero-order chi connectivity index (χ0) is 11.8. The van der Waals surface area contributed by atoms with Crippen LogP contribution in [0.4, 0.5) is 5.82 Å². The molecule has 0 aliphatic heterocycles. The van der Waals surface area contributed by atoms with Crippen molar-refractivity contribution < 1.29 is 4.42 Å². The van der Waals surface area contributed by atoms with E-state index < -0.39 is 0 Å². The van der Waals surface area contributed by atoms with Crippen molar-refractivity contribution in [2.75, 3.05) is 5.73 Å². The number of nitrogens with one attached hydrogen (secondary N) is 1. The van der Waals surface area contributed by atoms with Crippen molar-refractivity contribution in [1.82, 2.24) is 10.2 Å². The van der Waals surface area contributed by atoms with Gasteiger partial charge in [-0.05, 0) is 18.6 Å². The summed E-state index contributed by atoms with van der Waals surface area (Å²) in [5.41, 5.74) is 8.55. The van der Waals surface area contributed by atoms with Gasteiger partial charge in [0.15, 0.2) is 5.76 Å². The molecule has 0 saturated heterocycles. The number of rotatable bonds is 2. The third kappa shape index (κ3) is 1.49. The second kappa shape index (κ2) is 3.66. The number of anilines is 1. The Morgan fingerprint density at radius 2 is 2.18 bits per heavy atom. The van der Waals surface area contributed by atoms with Crippen LogP contribution in [0.5, 0.6) is 0 Å². The first-order valence-electron chi connectivity index (χ1n) is 5.61. The van der Waals surface area contributed by atoms with Crippen LogP contribution in [-0.4, -0.2) is 10.2 Å². The molecule has 3 rings (SSSR count). The quantitative estimate of drug-likeness (QED) is 0.707. The Balaban J connectivity index is 2.20. The Kier molecular flexibility index (Phi) is 2.14. The number of benzene rings is 1. The summed E-state index contributed by atoms with van der Waals surface area (Å²) in [7, 11) is 0. The molecule has 0 saturated carbocycles. The van der Waals surface area contributed by atoms with Crippen molar-refractivity contribution in [1.29, 1.82) is 0 Å². The van der Waals surface area contributed by atoms with E-state index in [2.05, 4.69) is 10.2 Å². The molecular formula is C13H13N3O. The Morgan fingerprint density at radius 3 is 2.94 bits per heavy atom. The van der Waals surface area contributed by atoms with Gasteiger partial charge in [0.25, 0.3) is 0 Å². The van der Waals surface area contributed by atoms with E-state index in [4.69, 9.17) is 10.2 Å². The second-order valence-corrected chi connectivity index (χ2v) is 3.96. The summed E-state index contributed by atoms with van der Waals surface area (Å²) >= 11 is 0. The van der Waals surface area contributed by atoms with Gasteiger partial charge in [0.1, 0.15) is 17.1 Å². The highest BCUT2D eigenvalue weighted by molar-refractivity contribution is 5.83. The van der Waals surface area contributed by atoms with Crippen LogP contribution in [0.15, 0.2) is 34.7 Å². The second-order valence-electron chi connectivity index (χ2n) is 3.96. The number of nitrogen functional groups attached to an aromatic ring is 1. The molecule has 3 N–H and O–H groups in total. The topological polar surface area (TPSA) is 67.8 Å². The number of H-pyrrole nitrogens is 1. The lowest BCUT2D eigenvalue weighted by Gasteiger charge is -1.96. The molecule has 0 aliphatic carbocycles. The predicted molar refractivity (Wildman–Crippen MR) is 67.6 cm³/mol. The molecule has 2 aromatic heterocycles. The fraction of sp³-hybridized carbons (Fsp3) is 0.154. The molecule has 0 atom stereocenters. The largest absolute Gasteiger partial charge is 0.454 e. The molecule has 86 valence electrons. The monoisotopic (exact) mass is 227 g/mol. The first-order valence-corrected chi connectivity index (χ1v) is 5.61. The van der Waals surface area contributed by atoms with E-state index in [0.717, 1.165) is 34.4 Å². The van der Waals surface area contributed by atoms with Crippen molar-refractivity contribution in [3.63, 3.8) is 0 Å². The van der Waals surface area contributed by atoms with Gasteiger partial charge in [0.05, 0.1) is 0 Å². The highest BCUT2D eigenvalue weighted by Crippen LogP contribution is 2.30. The fourth-order valence-corrected chi connectivity index (χ4v) is 2.05. The van der Waals surface area contributed by atoms with Crippen molar-refractivity contribution in [3.05, 3.63) is 35.9 Å². The van der Waals surface area contributed by atoms with E-state index in [1.807, 2.05) is 37.3 Å². The summed E-state index contributed by atoms with van der Waals surface area (Å²) in [6.45, 7) is 2.05. The summed E-state index contributed by atoms with van der Waals surface area (Å²) in [5, 5.41) is 8.04. The minimum atomic E-state index is 0.544. The van der Waals surface area contributed by atoms with Gasteiger partial charge >= 0.3 is 0 Å². The third-order valence-electron chi connectivity index (χ3n) is 2.92. The van der Waals surface area contributed by atoms with E-state index in [1.54, 1.807) is 0 Å². The zero-order valence-electron chi connectivity index (χ0n) is 9.53. The molecule has 2 heterocycles. The van der Waals surface area contributed by atoms with E-state index in [1.165, 1.54) is 0 Å². The zero-order valence-corrected chi connectivity index (χ0v) is 9.53. The van der Waals surface area contributed by atoms with Gasteiger partial charge < -0.3 is 10.2 Å². The lowest BCUT2D eigenvalue weighted by molar-refractivity contribution is 0.627. The molecule has 4 heteroatoms. The SMILES string of the molecule is CCc1c(N)n[nH]c1-c1cc2ccccc2o1. The number of aromatic nitrogens is 2. The van der Waals surface area contributed by atoms with Crippen molar-refractivity contribution in [2.45, 2.75) is 13.3 Å². The Morgan fingerprint density at radius 1 is 1.35 bits per heavy atom. The van der Waals surface area contributed by atoms with Crippen molar-refractivity contribution in [3.8, 4) is 11.5 Å². The number of nitrogens with zero attached hydrogens (tertiary/aromatic N) is 1.